The zero-order valence-electron chi connectivity index (χ0n) is 16.8. The number of hydrogen-bond acceptors (Lipinski definition) is 7. The Hall–Kier alpha value is -3.85. The van der Waals surface area contributed by atoms with Gasteiger partial charge in [-0.2, -0.15) is 0 Å². The number of nitro groups is 1. The van der Waals surface area contributed by atoms with Crippen LogP contribution in [0.15, 0.2) is 64.2 Å². The fourth-order valence-corrected chi connectivity index (χ4v) is 3.67. The lowest BCUT2D eigenvalue weighted by molar-refractivity contribution is -0.398. The first-order valence-electron chi connectivity index (χ1n) is 9.79. The Morgan fingerprint density at radius 2 is 1.84 bits per heavy atom. The molecule has 0 spiro atoms. The molecule has 2 heterocycles. The molecule has 0 saturated carbocycles. The van der Waals surface area contributed by atoms with Gasteiger partial charge < -0.3 is 19.3 Å². The maximum Gasteiger partial charge on any atom is 0.289 e. The van der Waals surface area contributed by atoms with Crippen LogP contribution in [0, 0.1) is 10.1 Å². The smallest absolute Gasteiger partial charge is 0.289 e. The van der Waals surface area contributed by atoms with Crippen molar-refractivity contribution in [2.45, 2.75) is 0 Å². The van der Waals surface area contributed by atoms with E-state index < -0.39 is 16.4 Å². The number of amides is 1. The van der Waals surface area contributed by atoms with Gasteiger partial charge in [-0.3, -0.25) is 19.9 Å². The monoisotopic (exact) mass is 453 g/mol. The summed E-state index contributed by atoms with van der Waals surface area (Å²) in [6, 6.07) is 13.1. The van der Waals surface area contributed by atoms with Gasteiger partial charge >= 0.3 is 0 Å². The number of carbonyl (C=O) groups is 1. The first-order chi connectivity index (χ1) is 15.4. The van der Waals surface area contributed by atoms with Gasteiger partial charge in [0.05, 0.1) is 16.9 Å². The van der Waals surface area contributed by atoms with Crippen LogP contribution >= 0.6 is 11.6 Å². The van der Waals surface area contributed by atoms with Crippen molar-refractivity contribution < 1.29 is 19.2 Å². The zero-order chi connectivity index (χ0) is 22.7. The van der Waals surface area contributed by atoms with Crippen molar-refractivity contribution in [3.05, 3.63) is 81.3 Å². The van der Waals surface area contributed by atoms with Crippen molar-refractivity contribution in [1.29, 1.82) is 0 Å². The molecular formula is C22H18ClN4O5-. The molecule has 1 saturated heterocycles. The van der Waals surface area contributed by atoms with Gasteiger partial charge in [-0.15, -0.1) is 0 Å². The minimum absolute atomic E-state index is 0.0469. The molecule has 2 aromatic carbocycles. The van der Waals surface area contributed by atoms with E-state index in [2.05, 4.69) is 9.89 Å². The third kappa shape index (κ3) is 4.57. The topological polar surface area (TPSA) is 115 Å². The summed E-state index contributed by atoms with van der Waals surface area (Å²) in [6.07, 6.45) is 2.76. The molecule has 0 unspecified atom stereocenters. The molecule has 0 atom stereocenters. The van der Waals surface area contributed by atoms with E-state index in [4.69, 9.17) is 16.0 Å². The van der Waals surface area contributed by atoms with Crippen LogP contribution < -0.4 is 10.0 Å². The largest absolute Gasteiger partial charge is 0.867 e. The highest BCUT2D eigenvalue weighted by Gasteiger charge is 2.23. The Morgan fingerprint density at radius 1 is 1.12 bits per heavy atom. The quantitative estimate of drug-likeness (QED) is 0.331. The SMILES string of the molecule is O=C(c1ccco1)N1CCN(c2ccc(N=Cc3cc(Cl)cc([N+](=O)[O-])c3[O-])cc2)CC1. The van der Waals surface area contributed by atoms with Crippen LogP contribution in [0.2, 0.25) is 5.02 Å². The van der Waals surface area contributed by atoms with Crippen LogP contribution in [0.5, 0.6) is 5.75 Å². The molecular weight excluding hydrogens is 436 g/mol. The molecule has 32 heavy (non-hydrogen) atoms. The third-order valence-electron chi connectivity index (χ3n) is 5.13. The molecule has 4 rings (SSSR count). The van der Waals surface area contributed by atoms with Crippen molar-refractivity contribution in [3.8, 4) is 5.75 Å². The first-order valence-corrected chi connectivity index (χ1v) is 10.2. The number of benzene rings is 2. The van der Waals surface area contributed by atoms with Crippen molar-refractivity contribution in [2.75, 3.05) is 31.1 Å². The van der Waals surface area contributed by atoms with E-state index in [0.717, 1.165) is 11.8 Å². The maximum absolute atomic E-state index is 12.4. The van der Waals surface area contributed by atoms with E-state index in [1.54, 1.807) is 29.2 Å². The summed E-state index contributed by atoms with van der Waals surface area (Å²) in [5.74, 6) is -0.507. The minimum atomic E-state index is -0.762. The van der Waals surface area contributed by atoms with Crippen LogP contribution in [-0.4, -0.2) is 48.1 Å². The van der Waals surface area contributed by atoms with Crippen LogP contribution in [0.3, 0.4) is 0 Å². The summed E-state index contributed by atoms with van der Waals surface area (Å²) in [6.45, 7) is 2.53. The molecule has 0 N–H and O–H groups in total. The van der Waals surface area contributed by atoms with Gasteiger partial charge in [0, 0.05) is 49.2 Å². The van der Waals surface area contributed by atoms with E-state index in [9.17, 15) is 20.0 Å². The molecule has 1 aliphatic heterocycles. The van der Waals surface area contributed by atoms with Crippen LogP contribution in [0.4, 0.5) is 17.1 Å². The first kappa shape index (κ1) is 21.4. The molecule has 10 heteroatoms. The van der Waals surface area contributed by atoms with E-state index in [1.807, 2.05) is 12.1 Å². The second-order valence-electron chi connectivity index (χ2n) is 7.13. The van der Waals surface area contributed by atoms with Gasteiger partial charge in [0.25, 0.3) is 11.6 Å². The number of furan rings is 1. The number of anilines is 1. The van der Waals surface area contributed by atoms with Gasteiger partial charge in [-0.25, -0.2) is 0 Å². The van der Waals surface area contributed by atoms with Gasteiger partial charge in [-0.05, 0) is 53.8 Å². The summed E-state index contributed by atoms with van der Waals surface area (Å²) in [5.41, 5.74) is 1.03. The Kier molecular flexibility index (Phi) is 6.09. The fraction of sp³-hybridized carbons (Fsp3) is 0.182. The predicted octanol–water partition coefficient (Wildman–Crippen LogP) is 3.63. The Morgan fingerprint density at radius 3 is 2.47 bits per heavy atom. The highest BCUT2D eigenvalue weighted by molar-refractivity contribution is 6.31. The van der Waals surface area contributed by atoms with E-state index >= 15 is 0 Å². The van der Waals surface area contributed by atoms with Gasteiger partial charge in [0.15, 0.2) is 5.76 Å². The van der Waals surface area contributed by atoms with Crippen molar-refractivity contribution in [1.82, 2.24) is 4.90 Å². The molecule has 9 nitrogen and oxygen atoms in total. The Bertz CT molecular complexity index is 1150. The summed E-state index contributed by atoms with van der Waals surface area (Å²) < 4.78 is 5.18. The number of aliphatic imine (C=N–C) groups is 1. The lowest BCUT2D eigenvalue weighted by atomic mass is 10.2. The molecule has 0 aliphatic carbocycles. The number of rotatable bonds is 5. The molecule has 1 aromatic heterocycles. The zero-order valence-corrected chi connectivity index (χ0v) is 17.6. The second-order valence-corrected chi connectivity index (χ2v) is 7.57. The van der Waals surface area contributed by atoms with Crippen LogP contribution in [-0.2, 0) is 0 Å². The number of nitro benzene ring substituents is 1. The van der Waals surface area contributed by atoms with Crippen LogP contribution in [0.25, 0.3) is 0 Å². The molecule has 1 amide bonds. The molecule has 0 radical (unpaired) electrons. The number of nitrogens with zero attached hydrogens (tertiary/aromatic N) is 4. The normalized spacial score (nSPS) is 14.2. The van der Waals surface area contributed by atoms with E-state index in [0.29, 0.717) is 37.6 Å². The lowest BCUT2D eigenvalue weighted by Gasteiger charge is -2.35. The molecule has 3 aromatic rings. The number of halogens is 1. The molecule has 0 bridgehead atoms. The lowest BCUT2D eigenvalue weighted by Crippen LogP contribution is -2.48. The van der Waals surface area contributed by atoms with E-state index in [1.165, 1.54) is 18.5 Å². The summed E-state index contributed by atoms with van der Waals surface area (Å²) in [4.78, 5) is 30.8. The highest BCUT2D eigenvalue weighted by atomic mass is 35.5. The van der Waals surface area contributed by atoms with Gasteiger partial charge in [-0.1, -0.05) is 11.6 Å². The number of hydrogen-bond donors (Lipinski definition) is 0. The number of piperazine rings is 1. The van der Waals surface area contributed by atoms with E-state index in [-0.39, 0.29) is 16.5 Å². The average molecular weight is 454 g/mol. The Balaban J connectivity index is 1.40. The summed E-state index contributed by atoms with van der Waals surface area (Å²) >= 11 is 5.87. The van der Waals surface area contributed by atoms with Crippen molar-refractivity contribution in [3.63, 3.8) is 0 Å². The standard InChI is InChI=1S/C22H19ClN4O5/c23-16-12-15(21(28)19(13-16)27(30)31)14-24-17-3-5-18(6-4-17)25-7-9-26(10-8-25)22(29)20-2-1-11-32-20/h1-6,11-14,28H,7-10H2/p-1. The van der Waals surface area contributed by atoms with Crippen molar-refractivity contribution in [2.24, 2.45) is 4.99 Å². The Labute approximate surface area is 188 Å². The third-order valence-corrected chi connectivity index (χ3v) is 5.34. The average Bonchev–Trinajstić information content (AvgIpc) is 3.34. The minimum Gasteiger partial charge on any atom is -0.867 e. The van der Waals surface area contributed by atoms with Gasteiger partial charge in [0.2, 0.25) is 0 Å². The summed E-state index contributed by atoms with van der Waals surface area (Å²) in [5, 5.41) is 23.2. The number of carbonyl (C=O) groups excluding carboxylic acids is 1. The maximum atomic E-state index is 12.4. The molecule has 1 aliphatic rings. The van der Waals surface area contributed by atoms with Crippen molar-refractivity contribution >= 4 is 40.8 Å². The highest BCUT2D eigenvalue weighted by Crippen LogP contribution is 2.30. The predicted molar refractivity (Wildman–Crippen MR) is 118 cm³/mol. The molecule has 1 fully saturated rings. The second kappa shape index (κ2) is 9.11. The summed E-state index contributed by atoms with van der Waals surface area (Å²) in [7, 11) is 0. The fourth-order valence-electron chi connectivity index (χ4n) is 3.45. The van der Waals surface area contributed by atoms with Crippen LogP contribution in [0.1, 0.15) is 16.1 Å². The van der Waals surface area contributed by atoms with Gasteiger partial charge in [0.1, 0.15) is 0 Å². The molecule has 164 valence electrons.